The third-order valence-electron chi connectivity index (χ3n) is 20.6. The maximum atomic E-state index is 14.2. The molecule has 7 heterocycles. The van der Waals surface area contributed by atoms with Gasteiger partial charge in [-0.05, 0) is 201 Å². The molecule has 2 fully saturated rings. The van der Waals surface area contributed by atoms with Gasteiger partial charge in [0.15, 0.2) is 0 Å². The van der Waals surface area contributed by atoms with Crippen LogP contribution in [0.2, 0.25) is 0 Å². The molecule has 4 aliphatic heterocycles. The lowest BCUT2D eigenvalue weighted by Crippen LogP contribution is -2.29. The number of amides is 4. The van der Waals surface area contributed by atoms with Crippen LogP contribution in [-0.2, 0) is 13.1 Å². The zero-order valence-corrected chi connectivity index (χ0v) is 41.5. The van der Waals surface area contributed by atoms with E-state index in [0.29, 0.717) is 45.9 Å². The first-order valence-electron chi connectivity index (χ1n) is 27.7. The predicted octanol–water partition coefficient (Wildman–Crippen LogP) is 13.0. The molecule has 0 spiro atoms. The number of carbonyl (C=O) groups excluding carboxylic acids is 4. The van der Waals surface area contributed by atoms with E-state index in [1.54, 1.807) is 0 Å². The second-order valence-electron chi connectivity index (χ2n) is 24.1. The molecule has 8 unspecified atom stereocenters. The molecular formula is C66H48N6O4. The van der Waals surface area contributed by atoms with Crippen molar-refractivity contribution in [3.05, 3.63) is 210 Å². The van der Waals surface area contributed by atoms with Crippen molar-refractivity contribution in [2.24, 2.45) is 0 Å². The lowest BCUT2D eigenvalue weighted by Gasteiger charge is -2.20. The normalized spacial score (nSPS) is 26.6. The van der Waals surface area contributed by atoms with Crippen LogP contribution in [0.4, 0.5) is 0 Å². The summed E-state index contributed by atoms with van der Waals surface area (Å²) in [5.74, 6) is 1.22. The number of fused-ring (bicyclic) bond motifs is 42. The molecule has 366 valence electrons. The zero-order valence-electron chi connectivity index (χ0n) is 41.5. The number of hydrogen-bond donors (Lipinski definition) is 2. The Balaban J connectivity index is 0.816. The molecule has 2 saturated carbocycles. The highest BCUT2D eigenvalue weighted by atomic mass is 16.2. The van der Waals surface area contributed by atoms with Crippen molar-refractivity contribution < 1.29 is 19.2 Å². The van der Waals surface area contributed by atoms with Gasteiger partial charge in [-0.2, -0.15) is 0 Å². The van der Waals surface area contributed by atoms with E-state index in [2.05, 4.69) is 34.2 Å². The smallest absolute Gasteiger partial charge is 0.261 e. The van der Waals surface area contributed by atoms with E-state index in [0.717, 1.165) is 69.0 Å². The van der Waals surface area contributed by atoms with Gasteiger partial charge in [-0.15, -0.1) is 0 Å². The van der Waals surface area contributed by atoms with Crippen molar-refractivity contribution in [1.29, 1.82) is 0 Å². The Labute approximate surface area is 436 Å². The van der Waals surface area contributed by atoms with E-state index < -0.39 is 0 Å². The van der Waals surface area contributed by atoms with Crippen LogP contribution in [0.5, 0.6) is 0 Å². The minimum absolute atomic E-state index is 0.00477. The zero-order chi connectivity index (χ0) is 49.7. The monoisotopic (exact) mass is 988 g/mol. The van der Waals surface area contributed by atoms with Crippen LogP contribution in [0.15, 0.2) is 109 Å². The summed E-state index contributed by atoms with van der Waals surface area (Å²) in [5.41, 5.74) is 27.7. The molecular weight excluding hydrogens is 941 g/mol. The van der Waals surface area contributed by atoms with Crippen LogP contribution in [-0.4, -0.2) is 53.4 Å². The van der Waals surface area contributed by atoms with E-state index >= 15 is 0 Å². The highest BCUT2D eigenvalue weighted by Gasteiger charge is 2.53. The summed E-state index contributed by atoms with van der Waals surface area (Å²) >= 11 is 0. The Hall–Kier alpha value is -8.24. The first-order chi connectivity index (χ1) is 37.3. The maximum Gasteiger partial charge on any atom is 0.261 e. The Kier molecular flexibility index (Phi) is 7.55. The van der Waals surface area contributed by atoms with Gasteiger partial charge in [-0.3, -0.25) is 29.0 Å². The molecule has 12 aliphatic rings. The number of benzene rings is 4. The van der Waals surface area contributed by atoms with Crippen LogP contribution in [0.25, 0.3) is 44.4 Å². The number of nitrogens with zero attached hydrogens (tertiary/aromatic N) is 4. The van der Waals surface area contributed by atoms with Crippen molar-refractivity contribution in [3.63, 3.8) is 0 Å². The lowest BCUT2D eigenvalue weighted by atomic mass is 9.82. The number of aromatic nitrogens is 4. The highest BCUT2D eigenvalue weighted by molar-refractivity contribution is 6.23. The summed E-state index contributed by atoms with van der Waals surface area (Å²) in [4.78, 5) is 79.2. The maximum absolute atomic E-state index is 14.2. The molecule has 3 aromatic heterocycles. The summed E-state index contributed by atoms with van der Waals surface area (Å²) in [6, 6.07) is 37.1. The molecule has 19 rings (SSSR count). The van der Waals surface area contributed by atoms with E-state index in [4.69, 9.17) is 9.97 Å². The summed E-state index contributed by atoms with van der Waals surface area (Å²) < 4.78 is 0. The van der Waals surface area contributed by atoms with Gasteiger partial charge < -0.3 is 9.97 Å². The average molecular weight is 989 g/mol. The van der Waals surface area contributed by atoms with Gasteiger partial charge in [-0.25, -0.2) is 9.97 Å². The van der Waals surface area contributed by atoms with E-state index in [1.165, 1.54) is 115 Å². The number of hydrogen-bond acceptors (Lipinski definition) is 6. The van der Waals surface area contributed by atoms with Crippen molar-refractivity contribution in [2.75, 3.05) is 0 Å². The van der Waals surface area contributed by atoms with Gasteiger partial charge >= 0.3 is 0 Å². The number of carbonyl (C=O) groups is 4. The van der Waals surface area contributed by atoms with Gasteiger partial charge in [0.05, 0.1) is 58.1 Å². The van der Waals surface area contributed by atoms with Crippen LogP contribution >= 0.6 is 0 Å². The summed E-state index contributed by atoms with van der Waals surface area (Å²) in [7, 11) is 0. The Morgan fingerprint density at radius 2 is 0.697 bits per heavy atom. The number of rotatable bonds is 4. The average Bonchev–Trinajstić information content (AvgIpc) is 4.29. The van der Waals surface area contributed by atoms with Gasteiger partial charge in [0.1, 0.15) is 0 Å². The molecule has 76 heavy (non-hydrogen) atoms. The quantitative estimate of drug-likeness (QED) is 0.169. The van der Waals surface area contributed by atoms with Crippen LogP contribution < -0.4 is 0 Å². The third kappa shape index (κ3) is 5.05. The second-order valence-corrected chi connectivity index (χ2v) is 24.1. The molecule has 4 amide bonds. The fourth-order valence-electron chi connectivity index (χ4n) is 17.7. The molecule has 7 aromatic rings. The molecule has 8 aliphatic carbocycles. The minimum Gasteiger partial charge on any atom is -0.355 e. The fourth-order valence-corrected chi connectivity index (χ4v) is 17.7. The summed E-state index contributed by atoms with van der Waals surface area (Å²) in [6.07, 6.45) is 8.99. The Bertz CT molecular complexity index is 4020. The first-order valence-corrected chi connectivity index (χ1v) is 27.7. The molecule has 0 radical (unpaired) electrons. The van der Waals surface area contributed by atoms with Gasteiger partial charge in [0, 0.05) is 45.7 Å². The fraction of sp³-hybridized carbons (Fsp3) is 0.273. The van der Waals surface area contributed by atoms with Crippen molar-refractivity contribution >= 4 is 68.0 Å². The molecule has 8 atom stereocenters. The number of allylic oxidation sites excluding steroid dienone is 4. The molecule has 10 nitrogen and oxygen atoms in total. The van der Waals surface area contributed by atoms with Crippen LogP contribution in [0.3, 0.4) is 0 Å². The van der Waals surface area contributed by atoms with Crippen molar-refractivity contribution in [2.45, 2.75) is 112 Å². The Morgan fingerprint density at radius 1 is 0.382 bits per heavy atom. The van der Waals surface area contributed by atoms with Crippen molar-refractivity contribution in [1.82, 2.24) is 29.7 Å². The van der Waals surface area contributed by atoms with E-state index in [9.17, 15) is 19.2 Å². The number of H-pyrrole nitrogens is 2. The largest absolute Gasteiger partial charge is 0.355 e. The minimum atomic E-state index is -0.236. The number of nitrogens with one attached hydrogen (secondary N) is 2. The SMILES string of the molecule is O=C1c2cc3c(cc2C(=O)N1Cc1ccccc1)C1CC3C2=C1c1cc3[nH]c(cc4[nH]c(cc5nc(cc2n1)C1=C5C2CC1c1cc5c(cc12)C(=O)N(Cc1ccccc1)C5=O)c1c4C2CCC1C2)c1c3C2CCC1C2. The molecule has 10 heteroatoms. The molecule has 0 saturated heterocycles. The van der Waals surface area contributed by atoms with Crippen LogP contribution in [0.1, 0.15) is 219 Å². The first kappa shape index (κ1) is 41.1. The number of imide groups is 2. The number of aromatic amines is 2. The second kappa shape index (κ2) is 14.0. The topological polar surface area (TPSA) is 132 Å². The highest BCUT2D eigenvalue weighted by Crippen LogP contribution is 2.67. The van der Waals surface area contributed by atoms with Gasteiger partial charge in [0.2, 0.25) is 0 Å². The third-order valence-corrected chi connectivity index (χ3v) is 20.6. The van der Waals surface area contributed by atoms with E-state index in [-0.39, 0.29) is 60.4 Å². The predicted molar refractivity (Wildman–Crippen MR) is 288 cm³/mol. The van der Waals surface area contributed by atoms with E-state index in [1.807, 2.05) is 84.9 Å². The lowest BCUT2D eigenvalue weighted by molar-refractivity contribution is 0.0627. The molecule has 4 aromatic carbocycles. The standard InChI is InChI=1S/C66H48N6O4/c73-63-43-17-35-37(19-45(43)65(75)71(63)27-29-7-3-1-4-8-29)41-21-39(35)59-51-24-49-57-33-13-11-31(15-33)55(57)47(67-49)23-48-56-32-12-14-34(16-32)58(56)50(68-48)25-52-60-40-22-42(62(60)54(70-52)26-53(69-51)61(41)59)38-20-46-44(18-36(38)40)64(74)72(66(46)76)28-30-9-5-2-6-10-30/h1-10,17-20,23-26,31-34,39-42,67-68H,11-16,21-22,27-28H2. The van der Waals surface area contributed by atoms with Gasteiger partial charge in [-0.1, -0.05) is 60.7 Å². The summed E-state index contributed by atoms with van der Waals surface area (Å²) in [6.45, 7) is 0.473. The van der Waals surface area contributed by atoms with Gasteiger partial charge in [0.25, 0.3) is 23.6 Å². The Morgan fingerprint density at radius 3 is 1.04 bits per heavy atom. The molecule has 16 bridgehead atoms. The molecule has 2 N–H and O–H groups in total. The van der Waals surface area contributed by atoms with Crippen LogP contribution in [0, 0.1) is 0 Å². The summed E-state index contributed by atoms with van der Waals surface area (Å²) in [5, 5.41) is 0. The van der Waals surface area contributed by atoms with Crippen molar-refractivity contribution in [3.8, 4) is 0 Å².